The van der Waals surface area contributed by atoms with Gasteiger partial charge in [-0.3, -0.25) is 9.59 Å². The van der Waals surface area contributed by atoms with Gasteiger partial charge < -0.3 is 15.1 Å². The lowest BCUT2D eigenvalue weighted by molar-refractivity contribution is -0.126. The molecular formula is C23H29N3O2. The van der Waals surface area contributed by atoms with E-state index in [1.54, 1.807) is 4.90 Å². The highest BCUT2D eigenvalue weighted by Gasteiger charge is 2.35. The minimum Gasteiger partial charge on any atom is -0.352 e. The molecule has 28 heavy (non-hydrogen) atoms. The minimum absolute atomic E-state index is 0.0115. The Bertz CT molecular complexity index is 830. The Labute approximate surface area is 167 Å². The molecule has 1 aliphatic heterocycles. The molecule has 5 nitrogen and oxygen atoms in total. The first-order valence-corrected chi connectivity index (χ1v) is 9.86. The van der Waals surface area contributed by atoms with Gasteiger partial charge in [-0.25, -0.2) is 0 Å². The number of benzene rings is 2. The monoisotopic (exact) mass is 379 g/mol. The van der Waals surface area contributed by atoms with Crippen LogP contribution in [0.1, 0.15) is 30.0 Å². The van der Waals surface area contributed by atoms with Gasteiger partial charge in [0.25, 0.3) is 0 Å². The molecule has 148 valence electrons. The van der Waals surface area contributed by atoms with Gasteiger partial charge in [-0.05, 0) is 49.3 Å². The fourth-order valence-corrected chi connectivity index (χ4v) is 3.60. The smallest absolute Gasteiger partial charge is 0.227 e. The molecule has 1 saturated heterocycles. The van der Waals surface area contributed by atoms with Crippen LogP contribution in [0.4, 0.5) is 5.69 Å². The number of hydrogen-bond acceptors (Lipinski definition) is 3. The van der Waals surface area contributed by atoms with Crippen LogP contribution >= 0.6 is 0 Å². The summed E-state index contributed by atoms with van der Waals surface area (Å²) in [7, 11) is 4.06. The van der Waals surface area contributed by atoms with E-state index in [4.69, 9.17) is 0 Å². The number of rotatable bonds is 7. The number of aryl methyl sites for hydroxylation is 1. The molecule has 0 radical (unpaired) electrons. The van der Waals surface area contributed by atoms with Crippen LogP contribution in [-0.2, 0) is 29.1 Å². The van der Waals surface area contributed by atoms with Crippen LogP contribution in [0.2, 0.25) is 0 Å². The Morgan fingerprint density at radius 1 is 1.11 bits per heavy atom. The van der Waals surface area contributed by atoms with E-state index in [-0.39, 0.29) is 24.2 Å². The standard InChI is InChI=1S/C23H29N3O2/c1-4-17-9-11-21(12-10-17)26-16-20(13-22(26)27)23(28)24-14-18-7-5-6-8-19(18)15-25(2)3/h5-12,20H,4,13-16H2,1-3H3,(H,24,28)/t20-/m1/s1. The highest BCUT2D eigenvalue weighted by atomic mass is 16.2. The van der Waals surface area contributed by atoms with Gasteiger partial charge in [-0.2, -0.15) is 0 Å². The normalized spacial score (nSPS) is 16.6. The topological polar surface area (TPSA) is 52.7 Å². The summed E-state index contributed by atoms with van der Waals surface area (Å²) in [6, 6.07) is 16.1. The van der Waals surface area contributed by atoms with Crippen molar-refractivity contribution in [1.82, 2.24) is 10.2 Å². The van der Waals surface area contributed by atoms with Crippen LogP contribution in [0.5, 0.6) is 0 Å². The number of nitrogens with zero attached hydrogens (tertiary/aromatic N) is 2. The van der Waals surface area contributed by atoms with Gasteiger partial charge in [0.1, 0.15) is 0 Å². The maximum absolute atomic E-state index is 12.7. The van der Waals surface area contributed by atoms with Crippen molar-refractivity contribution in [2.45, 2.75) is 32.9 Å². The fraction of sp³-hybridized carbons (Fsp3) is 0.391. The molecule has 0 aliphatic carbocycles. The second-order valence-corrected chi connectivity index (χ2v) is 7.65. The molecule has 1 heterocycles. The maximum atomic E-state index is 12.7. The van der Waals surface area contributed by atoms with Gasteiger partial charge in [0.15, 0.2) is 0 Å². The molecule has 1 N–H and O–H groups in total. The van der Waals surface area contributed by atoms with E-state index in [0.29, 0.717) is 13.1 Å². The van der Waals surface area contributed by atoms with E-state index in [1.807, 2.05) is 56.6 Å². The summed E-state index contributed by atoms with van der Waals surface area (Å²) < 4.78 is 0. The van der Waals surface area contributed by atoms with Crippen molar-refractivity contribution in [3.63, 3.8) is 0 Å². The van der Waals surface area contributed by atoms with E-state index in [2.05, 4.69) is 23.2 Å². The second-order valence-electron chi connectivity index (χ2n) is 7.65. The van der Waals surface area contributed by atoms with Gasteiger partial charge in [-0.1, -0.05) is 43.3 Å². The number of amides is 2. The molecule has 2 aromatic rings. The van der Waals surface area contributed by atoms with E-state index >= 15 is 0 Å². The molecule has 0 aromatic heterocycles. The summed E-state index contributed by atoms with van der Waals surface area (Å²) in [4.78, 5) is 28.9. The van der Waals surface area contributed by atoms with Crippen molar-refractivity contribution >= 4 is 17.5 Å². The third-order valence-corrected chi connectivity index (χ3v) is 5.21. The molecule has 0 saturated carbocycles. The molecular weight excluding hydrogens is 350 g/mol. The molecule has 3 rings (SSSR count). The van der Waals surface area contributed by atoms with Crippen LogP contribution in [0.15, 0.2) is 48.5 Å². The van der Waals surface area contributed by atoms with Crippen LogP contribution in [-0.4, -0.2) is 37.4 Å². The third-order valence-electron chi connectivity index (χ3n) is 5.21. The van der Waals surface area contributed by atoms with Gasteiger partial charge in [0.05, 0.1) is 5.92 Å². The van der Waals surface area contributed by atoms with E-state index in [0.717, 1.165) is 24.2 Å². The number of nitrogens with one attached hydrogen (secondary N) is 1. The zero-order valence-electron chi connectivity index (χ0n) is 16.9. The van der Waals surface area contributed by atoms with E-state index in [9.17, 15) is 9.59 Å². The molecule has 0 bridgehead atoms. The largest absolute Gasteiger partial charge is 0.352 e. The predicted octanol–water partition coefficient (Wildman–Crippen LogP) is 2.98. The molecule has 1 fully saturated rings. The lowest BCUT2D eigenvalue weighted by atomic mass is 10.1. The van der Waals surface area contributed by atoms with Crippen molar-refractivity contribution in [2.24, 2.45) is 5.92 Å². The number of carbonyl (C=O) groups is 2. The quantitative estimate of drug-likeness (QED) is 0.805. The van der Waals surface area contributed by atoms with Crippen LogP contribution in [0.3, 0.4) is 0 Å². The van der Waals surface area contributed by atoms with Crippen LogP contribution in [0.25, 0.3) is 0 Å². The third kappa shape index (κ3) is 4.78. The second kappa shape index (κ2) is 9.02. The number of carbonyl (C=O) groups excluding carboxylic acids is 2. The predicted molar refractivity (Wildman–Crippen MR) is 112 cm³/mol. The summed E-state index contributed by atoms with van der Waals surface area (Å²) in [5.74, 6) is -0.350. The van der Waals surface area contributed by atoms with Gasteiger partial charge in [0, 0.05) is 31.7 Å². The van der Waals surface area contributed by atoms with Gasteiger partial charge in [-0.15, -0.1) is 0 Å². The van der Waals surface area contributed by atoms with Crippen molar-refractivity contribution < 1.29 is 9.59 Å². The van der Waals surface area contributed by atoms with E-state index in [1.165, 1.54) is 11.1 Å². The fourth-order valence-electron chi connectivity index (χ4n) is 3.60. The highest BCUT2D eigenvalue weighted by molar-refractivity contribution is 6.00. The summed E-state index contributed by atoms with van der Waals surface area (Å²) >= 11 is 0. The lowest BCUT2D eigenvalue weighted by Crippen LogP contribution is -2.33. The molecule has 1 aliphatic rings. The maximum Gasteiger partial charge on any atom is 0.227 e. The van der Waals surface area contributed by atoms with E-state index < -0.39 is 0 Å². The van der Waals surface area contributed by atoms with Crippen molar-refractivity contribution in [1.29, 1.82) is 0 Å². The first-order chi connectivity index (χ1) is 13.5. The average molecular weight is 380 g/mol. The molecule has 2 aromatic carbocycles. The molecule has 2 amide bonds. The molecule has 1 atom stereocenters. The summed E-state index contributed by atoms with van der Waals surface area (Å²) in [5, 5.41) is 3.03. The zero-order chi connectivity index (χ0) is 20.1. The molecule has 0 spiro atoms. The van der Waals surface area contributed by atoms with Crippen LogP contribution < -0.4 is 10.2 Å². The Kier molecular flexibility index (Phi) is 6.47. The molecule has 5 heteroatoms. The van der Waals surface area contributed by atoms with Crippen molar-refractivity contribution in [2.75, 3.05) is 25.5 Å². The summed E-state index contributed by atoms with van der Waals surface area (Å²) in [6.07, 6.45) is 1.23. The van der Waals surface area contributed by atoms with Crippen molar-refractivity contribution in [3.05, 3.63) is 65.2 Å². The lowest BCUT2D eigenvalue weighted by Gasteiger charge is -2.18. The summed E-state index contributed by atoms with van der Waals surface area (Å²) in [5.41, 5.74) is 4.42. The van der Waals surface area contributed by atoms with Gasteiger partial charge >= 0.3 is 0 Å². The number of hydrogen-bond donors (Lipinski definition) is 1. The Balaban J connectivity index is 1.60. The first kappa shape index (κ1) is 20.1. The Hall–Kier alpha value is -2.66. The molecule has 0 unspecified atom stereocenters. The minimum atomic E-state index is -0.306. The van der Waals surface area contributed by atoms with Gasteiger partial charge in [0.2, 0.25) is 11.8 Å². The SMILES string of the molecule is CCc1ccc(N2C[C@H](C(=O)NCc3ccccc3CN(C)C)CC2=O)cc1. The highest BCUT2D eigenvalue weighted by Crippen LogP contribution is 2.25. The van der Waals surface area contributed by atoms with Crippen LogP contribution in [0, 0.1) is 5.92 Å². The zero-order valence-corrected chi connectivity index (χ0v) is 16.9. The average Bonchev–Trinajstić information content (AvgIpc) is 3.08. The Morgan fingerprint density at radius 2 is 1.79 bits per heavy atom. The summed E-state index contributed by atoms with van der Waals surface area (Å²) in [6.45, 7) is 3.86. The van der Waals surface area contributed by atoms with Crippen molar-refractivity contribution in [3.8, 4) is 0 Å². The number of anilines is 1. The first-order valence-electron chi connectivity index (χ1n) is 9.86. The Morgan fingerprint density at radius 3 is 2.43 bits per heavy atom.